The molecular formula is C26H43NO2Sn. The van der Waals surface area contributed by atoms with E-state index >= 15 is 0 Å². The molecule has 0 fully saturated rings. The van der Waals surface area contributed by atoms with Crippen molar-refractivity contribution in [2.24, 2.45) is 5.73 Å². The summed E-state index contributed by atoms with van der Waals surface area (Å²) in [5.41, 5.74) is 6.65. The Morgan fingerprint density at radius 1 is 1.00 bits per heavy atom. The third-order valence-corrected chi connectivity index (χ3v) is 20.0. The van der Waals surface area contributed by atoms with Crippen molar-refractivity contribution in [1.29, 1.82) is 0 Å². The molecule has 0 aromatic heterocycles. The fourth-order valence-electron chi connectivity index (χ4n) is 3.90. The molecule has 0 unspecified atom stereocenters. The Labute approximate surface area is 189 Å². The van der Waals surface area contributed by atoms with Crippen LogP contribution < -0.4 is 5.73 Å². The molecule has 1 rings (SSSR count). The van der Waals surface area contributed by atoms with E-state index in [9.17, 15) is 4.79 Å². The van der Waals surface area contributed by atoms with E-state index in [-0.39, 0.29) is 5.97 Å². The van der Waals surface area contributed by atoms with E-state index < -0.39 is 23.9 Å². The first kappa shape index (κ1) is 27.0. The molecule has 0 aliphatic rings. The Bertz CT molecular complexity index is 634. The summed E-state index contributed by atoms with van der Waals surface area (Å²) in [5, 5.41) is 0. The minimum atomic E-state index is -2.51. The van der Waals surface area contributed by atoms with Gasteiger partial charge in [-0.1, -0.05) is 0 Å². The van der Waals surface area contributed by atoms with Crippen LogP contribution in [0.15, 0.2) is 46.6 Å². The first-order valence-corrected chi connectivity index (χ1v) is 19.4. The van der Waals surface area contributed by atoms with Crippen molar-refractivity contribution >= 4 is 30.4 Å². The van der Waals surface area contributed by atoms with Gasteiger partial charge in [0.1, 0.15) is 0 Å². The second kappa shape index (κ2) is 14.9. The quantitative estimate of drug-likeness (QED) is 0.202. The molecule has 0 aliphatic heterocycles. The number of ether oxygens (including phenoxy) is 1. The van der Waals surface area contributed by atoms with Crippen LogP contribution in [0.25, 0.3) is 6.08 Å². The first-order chi connectivity index (χ1) is 14.4. The molecule has 3 nitrogen and oxygen atoms in total. The molecule has 1 aromatic carbocycles. The number of rotatable bonds is 15. The van der Waals surface area contributed by atoms with Gasteiger partial charge in [0.05, 0.1) is 0 Å². The number of carbonyl (C=O) groups is 1. The molecule has 30 heavy (non-hydrogen) atoms. The van der Waals surface area contributed by atoms with Crippen LogP contribution >= 0.6 is 0 Å². The minimum absolute atomic E-state index is 0.349. The second-order valence-electron chi connectivity index (χ2n) is 8.56. The molecule has 4 heteroatoms. The predicted molar refractivity (Wildman–Crippen MR) is 133 cm³/mol. The average molecular weight is 520 g/mol. The van der Waals surface area contributed by atoms with Gasteiger partial charge in [-0.15, -0.1) is 0 Å². The summed E-state index contributed by atoms with van der Waals surface area (Å²) in [6.07, 6.45) is 14.1. The molecule has 0 heterocycles. The third-order valence-electron chi connectivity index (χ3n) is 5.95. The normalized spacial score (nSPS) is 14.3. The Kier molecular flexibility index (Phi) is 13.3. The van der Waals surface area contributed by atoms with E-state index in [0.29, 0.717) is 6.42 Å². The number of esters is 1. The zero-order valence-electron chi connectivity index (χ0n) is 19.7. The fraction of sp³-hybridized carbons (Fsp3) is 0.577. The molecular weight excluding hydrogens is 477 g/mol. The van der Waals surface area contributed by atoms with Crippen LogP contribution in [-0.2, 0) is 9.53 Å². The third kappa shape index (κ3) is 9.38. The number of nitrogens with two attached hydrogens (primary N) is 1. The van der Waals surface area contributed by atoms with Gasteiger partial charge in [-0.3, -0.25) is 0 Å². The summed E-state index contributed by atoms with van der Waals surface area (Å²) in [6.45, 7) is 6.82. The summed E-state index contributed by atoms with van der Waals surface area (Å²) >= 11 is -2.51. The van der Waals surface area contributed by atoms with E-state index in [4.69, 9.17) is 10.5 Å². The number of hydrogen-bond donors (Lipinski definition) is 1. The average Bonchev–Trinajstić information content (AvgIpc) is 2.78. The van der Waals surface area contributed by atoms with E-state index in [1.165, 1.54) is 58.9 Å². The Morgan fingerprint density at radius 2 is 1.53 bits per heavy atom. The van der Waals surface area contributed by atoms with Gasteiger partial charge in [0, 0.05) is 0 Å². The summed E-state index contributed by atoms with van der Waals surface area (Å²) in [4.78, 5) is 12.6. The molecule has 1 atom stereocenters. The maximum atomic E-state index is 12.6. The molecule has 0 saturated heterocycles. The molecule has 0 spiro atoms. The molecule has 1 aromatic rings. The standard InChI is InChI=1S/C14H16NO2.3C4H9.Sn/c1-3-14(15,13(16)17-2)11-7-10-12-8-5-4-6-9-12;3*1-3-4-2;/h1,3-10H,11,15H2,2H3;3*1,3-4H2,2H3;/b3-1?,10-7+;;;;/t14-;;;;/m0..../s1. The van der Waals surface area contributed by atoms with Crippen LogP contribution in [0.1, 0.15) is 71.3 Å². The summed E-state index contributed by atoms with van der Waals surface area (Å²) in [5.74, 6) is -0.349. The van der Waals surface area contributed by atoms with E-state index in [1.807, 2.05) is 48.6 Å². The van der Waals surface area contributed by atoms with E-state index in [2.05, 4.69) is 24.9 Å². The van der Waals surface area contributed by atoms with Gasteiger partial charge >= 0.3 is 190 Å². The summed E-state index contributed by atoms with van der Waals surface area (Å²) < 4.78 is 11.7. The monoisotopic (exact) mass is 521 g/mol. The molecule has 0 aliphatic carbocycles. The van der Waals surface area contributed by atoms with Crippen molar-refractivity contribution in [3.8, 4) is 0 Å². The van der Waals surface area contributed by atoms with Crippen LogP contribution in [0.2, 0.25) is 13.3 Å². The molecule has 2 N–H and O–H groups in total. The molecule has 0 amide bonds. The number of unbranched alkanes of at least 4 members (excludes halogenated alkanes) is 3. The van der Waals surface area contributed by atoms with Gasteiger partial charge in [0.15, 0.2) is 0 Å². The second-order valence-corrected chi connectivity index (χ2v) is 21.6. The van der Waals surface area contributed by atoms with Gasteiger partial charge in [0.25, 0.3) is 0 Å². The number of methoxy groups -OCH3 is 1. The van der Waals surface area contributed by atoms with Crippen LogP contribution in [0.3, 0.4) is 0 Å². The van der Waals surface area contributed by atoms with E-state index in [1.54, 1.807) is 0 Å². The topological polar surface area (TPSA) is 52.3 Å². The van der Waals surface area contributed by atoms with Gasteiger partial charge in [-0.25, -0.2) is 0 Å². The summed E-state index contributed by atoms with van der Waals surface area (Å²) in [6, 6.07) is 10.1. The van der Waals surface area contributed by atoms with Crippen molar-refractivity contribution in [2.45, 2.75) is 84.6 Å². The molecule has 168 valence electrons. The van der Waals surface area contributed by atoms with Crippen LogP contribution in [-0.4, -0.2) is 37.0 Å². The van der Waals surface area contributed by atoms with E-state index in [0.717, 1.165) is 5.56 Å². The molecule has 0 radical (unpaired) electrons. The molecule has 0 bridgehead atoms. The van der Waals surface area contributed by atoms with Crippen molar-refractivity contribution < 1.29 is 9.53 Å². The SMILES string of the molecule is CCC[CH2][Sn](/[CH]=C/[C@](N)(C/C=C/c1ccccc1)C(=O)OC)([CH2]CCC)[CH2]CCC. The zero-order valence-corrected chi connectivity index (χ0v) is 22.5. The Hall–Kier alpha value is -1.07. The fourth-order valence-corrected chi connectivity index (χ4v) is 18.4. The van der Waals surface area contributed by atoms with Crippen molar-refractivity contribution in [2.75, 3.05) is 7.11 Å². The van der Waals surface area contributed by atoms with Crippen molar-refractivity contribution in [3.05, 3.63) is 52.1 Å². The zero-order chi connectivity index (χ0) is 22.3. The van der Waals surface area contributed by atoms with Crippen molar-refractivity contribution in [1.82, 2.24) is 0 Å². The van der Waals surface area contributed by atoms with Gasteiger partial charge in [-0.05, 0) is 0 Å². The van der Waals surface area contributed by atoms with Gasteiger partial charge in [-0.2, -0.15) is 0 Å². The first-order valence-electron chi connectivity index (χ1n) is 11.7. The Morgan fingerprint density at radius 3 is 2.00 bits per heavy atom. The van der Waals surface area contributed by atoms with Crippen LogP contribution in [0, 0.1) is 0 Å². The summed E-state index contributed by atoms with van der Waals surface area (Å²) in [7, 11) is 1.43. The van der Waals surface area contributed by atoms with Gasteiger partial charge < -0.3 is 0 Å². The predicted octanol–water partition coefficient (Wildman–Crippen LogP) is 6.90. The number of hydrogen-bond acceptors (Lipinski definition) is 3. The maximum absolute atomic E-state index is 12.6. The number of benzene rings is 1. The molecule has 0 saturated carbocycles. The Balaban J connectivity index is 3.12. The van der Waals surface area contributed by atoms with Crippen LogP contribution in [0.5, 0.6) is 0 Å². The number of carbonyl (C=O) groups excluding carboxylic acids is 1. The van der Waals surface area contributed by atoms with Crippen LogP contribution in [0.4, 0.5) is 0 Å². The van der Waals surface area contributed by atoms with Crippen molar-refractivity contribution in [3.63, 3.8) is 0 Å². The van der Waals surface area contributed by atoms with Gasteiger partial charge in [0.2, 0.25) is 0 Å².